The lowest BCUT2D eigenvalue weighted by Crippen LogP contribution is -2.18. The molecule has 1 rings (SSSR count). The first-order valence-electron chi connectivity index (χ1n) is 4.26. The van der Waals surface area contributed by atoms with Crippen LogP contribution in [0.3, 0.4) is 0 Å². The van der Waals surface area contributed by atoms with Gasteiger partial charge in [-0.1, -0.05) is 30.7 Å². The average molecular weight is 238 g/mol. The molecule has 0 saturated carbocycles. The number of ether oxygens (including phenoxy) is 1. The Morgan fingerprint density at radius 1 is 1.33 bits per heavy atom. The summed E-state index contributed by atoms with van der Waals surface area (Å²) in [6.45, 7) is 3.57. The topological polar surface area (TPSA) is 9.23 Å². The molecule has 1 nitrogen and oxygen atoms in total. The number of alkyl halides is 3. The van der Waals surface area contributed by atoms with Crippen LogP contribution in [-0.2, 0) is 6.42 Å². The van der Waals surface area contributed by atoms with E-state index in [1.165, 1.54) is 12.1 Å². The van der Waals surface area contributed by atoms with Crippen LogP contribution in [0.15, 0.2) is 18.2 Å². The summed E-state index contributed by atoms with van der Waals surface area (Å²) in [4.78, 5) is 0. The lowest BCUT2D eigenvalue weighted by Gasteiger charge is -2.14. The molecule has 15 heavy (non-hydrogen) atoms. The molecule has 0 aliphatic carbocycles. The van der Waals surface area contributed by atoms with Crippen molar-refractivity contribution in [3.63, 3.8) is 0 Å². The maximum atomic E-state index is 12.0. The Bertz CT molecular complexity index is 336. The summed E-state index contributed by atoms with van der Waals surface area (Å²) in [5.74, 6) is -0.324. The minimum absolute atomic E-state index is 0.0433. The van der Waals surface area contributed by atoms with Crippen LogP contribution in [0, 0.1) is 6.92 Å². The molecule has 0 fully saturated rings. The highest BCUT2D eigenvalue weighted by Crippen LogP contribution is 2.33. The van der Waals surface area contributed by atoms with Crippen molar-refractivity contribution in [2.75, 3.05) is 0 Å². The van der Waals surface area contributed by atoms with Gasteiger partial charge in [0, 0.05) is 0 Å². The van der Waals surface area contributed by atoms with Crippen molar-refractivity contribution < 1.29 is 17.9 Å². The van der Waals surface area contributed by atoms with Crippen molar-refractivity contribution in [2.24, 2.45) is 0 Å². The molecule has 0 unspecified atom stereocenters. The van der Waals surface area contributed by atoms with Crippen molar-refractivity contribution in [3.8, 4) is 5.75 Å². The summed E-state index contributed by atoms with van der Waals surface area (Å²) in [6.07, 6.45) is -3.85. The highest BCUT2D eigenvalue weighted by atomic mass is 35.5. The van der Waals surface area contributed by atoms with E-state index >= 15 is 0 Å². The van der Waals surface area contributed by atoms with E-state index in [9.17, 15) is 13.2 Å². The van der Waals surface area contributed by atoms with Crippen LogP contribution in [0.4, 0.5) is 13.2 Å². The molecule has 0 aliphatic rings. The van der Waals surface area contributed by atoms with Gasteiger partial charge in [-0.15, -0.1) is 13.2 Å². The lowest BCUT2D eigenvalue weighted by atomic mass is 10.1. The standard InChI is InChI=1S/C10H9ClF3O/c1-2-4-7-5-3-6-8(11)9(7)15-10(12,13)14/h3,5-6H,1-2,4H2. The molecule has 0 saturated heterocycles. The fraction of sp³-hybridized carbons (Fsp3) is 0.300. The van der Waals surface area contributed by atoms with Gasteiger partial charge in [0.25, 0.3) is 0 Å². The van der Waals surface area contributed by atoms with Crippen molar-refractivity contribution >= 4 is 11.6 Å². The van der Waals surface area contributed by atoms with Crippen LogP contribution in [0.5, 0.6) is 5.75 Å². The normalized spacial score (nSPS) is 11.5. The smallest absolute Gasteiger partial charge is 0.404 e. The maximum absolute atomic E-state index is 12.0. The summed E-state index contributed by atoms with van der Waals surface area (Å²) in [5, 5.41) is -0.0433. The predicted octanol–water partition coefficient (Wildman–Crippen LogP) is 4.01. The summed E-state index contributed by atoms with van der Waals surface area (Å²) in [5.41, 5.74) is 0.412. The summed E-state index contributed by atoms with van der Waals surface area (Å²) >= 11 is 5.63. The van der Waals surface area contributed by atoms with Crippen LogP contribution in [-0.4, -0.2) is 6.36 Å². The summed E-state index contributed by atoms with van der Waals surface area (Å²) in [7, 11) is 0. The molecular weight excluding hydrogens is 229 g/mol. The molecule has 0 N–H and O–H groups in total. The Balaban J connectivity index is 3.02. The Hall–Kier alpha value is -0.900. The highest BCUT2D eigenvalue weighted by molar-refractivity contribution is 6.32. The molecule has 1 aromatic rings. The fourth-order valence-corrected chi connectivity index (χ4v) is 1.40. The lowest BCUT2D eigenvalue weighted by molar-refractivity contribution is -0.274. The third kappa shape index (κ3) is 3.63. The zero-order chi connectivity index (χ0) is 11.5. The van der Waals surface area contributed by atoms with Gasteiger partial charge in [0.15, 0.2) is 5.75 Å². The van der Waals surface area contributed by atoms with Gasteiger partial charge in [-0.3, -0.25) is 0 Å². The van der Waals surface area contributed by atoms with Crippen LogP contribution in [0.25, 0.3) is 0 Å². The molecule has 0 aromatic heterocycles. The number of hydrogen-bond acceptors (Lipinski definition) is 1. The first kappa shape index (κ1) is 12.2. The third-order valence-electron chi connectivity index (χ3n) is 1.71. The van der Waals surface area contributed by atoms with Crippen LogP contribution >= 0.6 is 11.6 Å². The van der Waals surface area contributed by atoms with E-state index in [2.05, 4.69) is 11.7 Å². The number of benzene rings is 1. The van der Waals surface area contributed by atoms with Crippen molar-refractivity contribution in [1.82, 2.24) is 0 Å². The molecule has 1 aromatic carbocycles. The second kappa shape index (κ2) is 4.75. The number of halogens is 4. The van der Waals surface area contributed by atoms with Gasteiger partial charge in [0.05, 0.1) is 5.02 Å². The van der Waals surface area contributed by atoms with Gasteiger partial charge in [-0.25, -0.2) is 0 Å². The zero-order valence-corrected chi connectivity index (χ0v) is 8.53. The van der Waals surface area contributed by atoms with Crippen LogP contribution in [0.1, 0.15) is 12.0 Å². The van der Waals surface area contributed by atoms with E-state index in [1.54, 1.807) is 6.07 Å². The molecule has 0 amide bonds. The van der Waals surface area contributed by atoms with E-state index in [0.29, 0.717) is 18.4 Å². The molecule has 83 valence electrons. The number of para-hydroxylation sites is 1. The Kier molecular flexibility index (Phi) is 3.85. The van der Waals surface area contributed by atoms with Crippen molar-refractivity contribution in [3.05, 3.63) is 35.7 Å². The summed E-state index contributed by atoms with van der Waals surface area (Å²) < 4.78 is 40.0. The van der Waals surface area contributed by atoms with Crippen LogP contribution in [0.2, 0.25) is 5.02 Å². The van der Waals surface area contributed by atoms with Crippen molar-refractivity contribution in [2.45, 2.75) is 19.2 Å². The van der Waals surface area contributed by atoms with E-state index in [4.69, 9.17) is 11.6 Å². The predicted molar refractivity (Wildman–Crippen MR) is 51.8 cm³/mol. The third-order valence-corrected chi connectivity index (χ3v) is 2.01. The second-order valence-electron chi connectivity index (χ2n) is 2.88. The van der Waals surface area contributed by atoms with E-state index in [1.807, 2.05) is 0 Å². The molecule has 0 atom stereocenters. The largest absolute Gasteiger partial charge is 0.573 e. The molecule has 0 aliphatic heterocycles. The fourth-order valence-electron chi connectivity index (χ4n) is 1.17. The highest BCUT2D eigenvalue weighted by Gasteiger charge is 2.32. The van der Waals surface area contributed by atoms with E-state index in [0.717, 1.165) is 0 Å². The van der Waals surface area contributed by atoms with Crippen molar-refractivity contribution in [1.29, 1.82) is 0 Å². The monoisotopic (exact) mass is 237 g/mol. The minimum atomic E-state index is -4.72. The van der Waals surface area contributed by atoms with Gasteiger partial charge in [0.1, 0.15) is 0 Å². The average Bonchev–Trinajstić information content (AvgIpc) is 2.10. The number of rotatable bonds is 3. The van der Waals surface area contributed by atoms with E-state index < -0.39 is 6.36 Å². The minimum Gasteiger partial charge on any atom is -0.404 e. The molecule has 1 radical (unpaired) electrons. The number of aryl methyl sites for hydroxylation is 1. The Morgan fingerprint density at radius 3 is 2.53 bits per heavy atom. The van der Waals surface area contributed by atoms with Crippen LogP contribution < -0.4 is 4.74 Å². The van der Waals surface area contributed by atoms with Gasteiger partial charge in [-0.05, 0) is 24.5 Å². The first-order valence-corrected chi connectivity index (χ1v) is 4.64. The second-order valence-corrected chi connectivity index (χ2v) is 3.29. The zero-order valence-electron chi connectivity index (χ0n) is 7.77. The summed E-state index contributed by atoms with van der Waals surface area (Å²) in [6, 6.07) is 4.48. The molecule has 5 heteroatoms. The number of hydrogen-bond donors (Lipinski definition) is 0. The van der Waals surface area contributed by atoms with Gasteiger partial charge < -0.3 is 4.74 Å². The van der Waals surface area contributed by atoms with Gasteiger partial charge in [0.2, 0.25) is 0 Å². The maximum Gasteiger partial charge on any atom is 0.573 e. The van der Waals surface area contributed by atoms with Gasteiger partial charge in [-0.2, -0.15) is 0 Å². The quantitative estimate of drug-likeness (QED) is 0.772. The van der Waals surface area contributed by atoms with Gasteiger partial charge >= 0.3 is 6.36 Å². The van der Waals surface area contributed by atoms with E-state index in [-0.39, 0.29) is 10.8 Å². The first-order chi connectivity index (χ1) is 6.94. The molecule has 0 heterocycles. The Labute approximate surface area is 90.8 Å². The molecule has 0 spiro atoms. The Morgan fingerprint density at radius 2 is 2.00 bits per heavy atom. The SMILES string of the molecule is [CH2]CCc1cccc(Cl)c1OC(F)(F)F. The molecular formula is C10H9ClF3O. The molecule has 0 bridgehead atoms.